The average molecular weight is 600 g/mol. The van der Waals surface area contributed by atoms with Crippen molar-refractivity contribution in [2.45, 2.75) is 44.7 Å². The van der Waals surface area contributed by atoms with E-state index in [0.717, 1.165) is 22.0 Å². The first kappa shape index (κ1) is 32.4. The quantitative estimate of drug-likeness (QED) is 0.290. The van der Waals surface area contributed by atoms with Gasteiger partial charge in [0.25, 0.3) is 10.0 Å². The molecule has 0 fully saturated rings. The lowest BCUT2D eigenvalue weighted by Gasteiger charge is -2.33. The van der Waals surface area contributed by atoms with E-state index < -0.39 is 34.3 Å². The van der Waals surface area contributed by atoms with Gasteiger partial charge in [-0.1, -0.05) is 32.9 Å². The summed E-state index contributed by atoms with van der Waals surface area (Å²) in [4.78, 5) is 28.6. The third-order valence-corrected chi connectivity index (χ3v) is 8.41. The number of amides is 2. The lowest BCUT2D eigenvalue weighted by atomic mass is 10.1. The third kappa shape index (κ3) is 8.22. The first-order valence-corrected chi connectivity index (χ1v) is 15.1. The van der Waals surface area contributed by atoms with Crippen molar-refractivity contribution in [3.63, 3.8) is 0 Å². The second-order valence-corrected chi connectivity index (χ2v) is 12.0. The number of ether oxygens (including phenoxy) is 2. The summed E-state index contributed by atoms with van der Waals surface area (Å²) in [7, 11) is -1.28. The number of carbonyl (C=O) groups excluding carboxylic acids is 2. The van der Waals surface area contributed by atoms with Gasteiger partial charge >= 0.3 is 0 Å². The van der Waals surface area contributed by atoms with Gasteiger partial charge in [0.15, 0.2) is 0 Å². The highest BCUT2D eigenvalue weighted by molar-refractivity contribution is 7.92. The number of hydrogen-bond acceptors (Lipinski definition) is 6. The van der Waals surface area contributed by atoms with Crippen LogP contribution in [0.5, 0.6) is 11.5 Å². The molecule has 1 N–H and O–H groups in total. The fraction of sp³-hybridized carbons (Fsp3) is 0.355. The standard InChI is InChI=1S/C31H38FN3O6S/c1-6-29(31(37)33-19-22(2)3)34(20-23-7-13-26(40-4)14-8-23)30(36)21-35(25-11-9-24(32)10-12-25)42(38,39)28-17-15-27(41-5)16-18-28/h7-18,22,29H,6,19-21H2,1-5H3,(H,33,37)/t29-/m0/s1. The Bertz CT molecular complexity index is 1430. The minimum absolute atomic E-state index is 0.0519. The van der Waals surface area contributed by atoms with Crippen LogP contribution in [0.2, 0.25) is 0 Å². The van der Waals surface area contributed by atoms with Crippen LogP contribution in [-0.2, 0) is 26.2 Å². The number of rotatable bonds is 14. The Kier molecular flexibility index (Phi) is 11.3. The Morgan fingerprint density at radius 2 is 1.43 bits per heavy atom. The fourth-order valence-corrected chi connectivity index (χ4v) is 5.69. The first-order valence-electron chi connectivity index (χ1n) is 13.6. The van der Waals surface area contributed by atoms with Crippen LogP contribution in [0, 0.1) is 11.7 Å². The number of benzene rings is 3. The predicted molar refractivity (Wildman–Crippen MR) is 159 cm³/mol. The molecule has 0 saturated heterocycles. The Morgan fingerprint density at radius 3 is 1.93 bits per heavy atom. The molecule has 2 amide bonds. The van der Waals surface area contributed by atoms with Gasteiger partial charge in [-0.15, -0.1) is 0 Å². The average Bonchev–Trinajstić information content (AvgIpc) is 2.99. The summed E-state index contributed by atoms with van der Waals surface area (Å²) in [5.41, 5.74) is 0.827. The summed E-state index contributed by atoms with van der Waals surface area (Å²) in [5, 5.41) is 2.89. The lowest BCUT2D eigenvalue weighted by Crippen LogP contribution is -2.52. The van der Waals surface area contributed by atoms with Crippen molar-refractivity contribution in [1.29, 1.82) is 0 Å². The molecule has 9 nitrogen and oxygen atoms in total. The Labute approximate surface area is 247 Å². The van der Waals surface area contributed by atoms with Gasteiger partial charge < -0.3 is 19.7 Å². The highest BCUT2D eigenvalue weighted by Gasteiger charge is 2.33. The number of carbonyl (C=O) groups is 2. The molecular formula is C31H38FN3O6S. The Hall–Kier alpha value is -4.12. The van der Waals surface area contributed by atoms with Crippen LogP contribution in [0.15, 0.2) is 77.7 Å². The second-order valence-electron chi connectivity index (χ2n) is 10.1. The maximum Gasteiger partial charge on any atom is 0.264 e. The van der Waals surface area contributed by atoms with E-state index in [-0.39, 0.29) is 29.0 Å². The van der Waals surface area contributed by atoms with Crippen LogP contribution in [0.4, 0.5) is 10.1 Å². The monoisotopic (exact) mass is 599 g/mol. The van der Waals surface area contributed by atoms with E-state index in [4.69, 9.17) is 9.47 Å². The third-order valence-electron chi connectivity index (χ3n) is 6.62. The highest BCUT2D eigenvalue weighted by Crippen LogP contribution is 2.26. The zero-order valence-corrected chi connectivity index (χ0v) is 25.4. The molecule has 3 rings (SSSR count). The van der Waals surface area contributed by atoms with Gasteiger partial charge in [-0.05, 0) is 78.6 Å². The SMILES string of the molecule is CC[C@@H](C(=O)NCC(C)C)N(Cc1ccc(OC)cc1)C(=O)CN(c1ccc(F)cc1)S(=O)(=O)c1ccc(OC)cc1. The number of sulfonamides is 1. The van der Waals surface area contributed by atoms with E-state index in [1.165, 1.54) is 48.4 Å². The molecule has 0 aliphatic heterocycles. The molecule has 0 radical (unpaired) electrons. The van der Waals surface area contributed by atoms with Crippen molar-refractivity contribution in [2.75, 3.05) is 31.6 Å². The van der Waals surface area contributed by atoms with Crippen LogP contribution in [0.3, 0.4) is 0 Å². The van der Waals surface area contributed by atoms with Crippen LogP contribution in [0.1, 0.15) is 32.8 Å². The van der Waals surface area contributed by atoms with E-state index in [9.17, 15) is 22.4 Å². The number of anilines is 1. The van der Waals surface area contributed by atoms with Crippen LogP contribution >= 0.6 is 0 Å². The molecule has 3 aromatic carbocycles. The van der Waals surface area contributed by atoms with Crippen LogP contribution in [0.25, 0.3) is 0 Å². The van der Waals surface area contributed by atoms with Gasteiger partial charge in [0.05, 0.1) is 24.8 Å². The summed E-state index contributed by atoms with van der Waals surface area (Å²) in [6, 6.07) is 16.8. The summed E-state index contributed by atoms with van der Waals surface area (Å²) in [5.74, 6) is -0.200. The van der Waals surface area contributed by atoms with Gasteiger partial charge in [0, 0.05) is 13.1 Å². The number of halogens is 1. The zero-order chi connectivity index (χ0) is 30.9. The molecule has 0 aliphatic rings. The Morgan fingerprint density at radius 1 is 0.881 bits per heavy atom. The molecule has 3 aromatic rings. The van der Waals surface area contributed by atoms with Crippen molar-refractivity contribution in [3.8, 4) is 11.5 Å². The molecular weight excluding hydrogens is 561 g/mol. The van der Waals surface area contributed by atoms with Crippen molar-refractivity contribution in [1.82, 2.24) is 10.2 Å². The number of nitrogens with zero attached hydrogens (tertiary/aromatic N) is 2. The summed E-state index contributed by atoms with van der Waals surface area (Å²) in [6.45, 7) is 5.58. The maximum absolute atomic E-state index is 14.1. The molecule has 0 saturated carbocycles. The number of methoxy groups -OCH3 is 2. The maximum atomic E-state index is 14.1. The number of hydrogen-bond donors (Lipinski definition) is 1. The van der Waals surface area contributed by atoms with E-state index in [0.29, 0.717) is 24.5 Å². The minimum Gasteiger partial charge on any atom is -0.497 e. The van der Waals surface area contributed by atoms with E-state index in [1.54, 1.807) is 38.3 Å². The molecule has 0 heterocycles. The van der Waals surface area contributed by atoms with Crippen molar-refractivity contribution >= 4 is 27.5 Å². The van der Waals surface area contributed by atoms with Crippen molar-refractivity contribution < 1.29 is 31.9 Å². The number of nitrogens with one attached hydrogen (secondary N) is 1. The summed E-state index contributed by atoms with van der Waals surface area (Å²) in [6.07, 6.45) is 0.299. The van der Waals surface area contributed by atoms with Crippen LogP contribution in [-0.4, -0.2) is 58.5 Å². The second kappa shape index (κ2) is 14.7. The predicted octanol–water partition coefficient (Wildman–Crippen LogP) is 4.62. The molecule has 0 spiro atoms. The molecule has 226 valence electrons. The lowest BCUT2D eigenvalue weighted by molar-refractivity contribution is -0.140. The highest BCUT2D eigenvalue weighted by atomic mass is 32.2. The summed E-state index contributed by atoms with van der Waals surface area (Å²) < 4.78 is 52.9. The zero-order valence-electron chi connectivity index (χ0n) is 24.5. The van der Waals surface area contributed by atoms with Gasteiger partial charge in [-0.25, -0.2) is 12.8 Å². The first-order chi connectivity index (χ1) is 20.0. The van der Waals surface area contributed by atoms with E-state index in [2.05, 4.69) is 5.32 Å². The molecule has 11 heteroatoms. The van der Waals surface area contributed by atoms with Gasteiger partial charge in [-0.2, -0.15) is 0 Å². The van der Waals surface area contributed by atoms with Crippen molar-refractivity contribution in [3.05, 3.63) is 84.2 Å². The topological polar surface area (TPSA) is 105 Å². The van der Waals surface area contributed by atoms with Gasteiger partial charge in [0.2, 0.25) is 11.8 Å². The van der Waals surface area contributed by atoms with Crippen molar-refractivity contribution in [2.24, 2.45) is 5.92 Å². The molecule has 0 bridgehead atoms. The van der Waals surface area contributed by atoms with E-state index >= 15 is 0 Å². The van der Waals surface area contributed by atoms with Gasteiger partial charge in [-0.3, -0.25) is 13.9 Å². The molecule has 1 atom stereocenters. The smallest absolute Gasteiger partial charge is 0.264 e. The largest absolute Gasteiger partial charge is 0.497 e. The molecule has 0 aliphatic carbocycles. The molecule has 0 aromatic heterocycles. The van der Waals surface area contributed by atoms with E-state index in [1.807, 2.05) is 13.8 Å². The summed E-state index contributed by atoms with van der Waals surface area (Å²) >= 11 is 0. The molecule has 0 unspecified atom stereocenters. The Balaban J connectivity index is 2.04. The normalized spacial score (nSPS) is 12.0. The van der Waals surface area contributed by atoms with Gasteiger partial charge in [0.1, 0.15) is 29.9 Å². The van der Waals surface area contributed by atoms with Crippen LogP contribution < -0.4 is 19.1 Å². The fourth-order valence-electron chi connectivity index (χ4n) is 4.28. The molecule has 42 heavy (non-hydrogen) atoms. The minimum atomic E-state index is -4.29.